The molecule has 1 aromatic heterocycles. The molecule has 0 unspecified atom stereocenters. The van der Waals surface area contributed by atoms with E-state index >= 15 is 0 Å². The van der Waals surface area contributed by atoms with Crippen LogP contribution in [0.1, 0.15) is 40.5 Å². The van der Waals surface area contributed by atoms with Gasteiger partial charge in [-0.05, 0) is 44.9 Å². The Morgan fingerprint density at radius 3 is 2.50 bits per heavy atom. The molecule has 0 N–H and O–H groups in total. The highest BCUT2D eigenvalue weighted by molar-refractivity contribution is 7.07. The lowest BCUT2D eigenvalue weighted by atomic mass is 10.0. The number of carbonyl (C=O) groups is 2. The van der Waals surface area contributed by atoms with Crippen LogP contribution in [0.2, 0.25) is 0 Å². The number of hydrogen-bond donors (Lipinski definition) is 0. The molecule has 0 aliphatic carbocycles. The maximum atomic E-state index is 12.4. The molecular formula is C18H21NO4S. The van der Waals surface area contributed by atoms with Gasteiger partial charge in [0, 0.05) is 23.2 Å². The van der Waals surface area contributed by atoms with E-state index in [0.29, 0.717) is 5.56 Å². The van der Waals surface area contributed by atoms with Crippen molar-refractivity contribution in [2.75, 3.05) is 0 Å². The van der Waals surface area contributed by atoms with E-state index in [-0.39, 0.29) is 23.6 Å². The molecule has 0 spiro atoms. The molecule has 1 atom stereocenters. The molecule has 0 amide bonds. The van der Waals surface area contributed by atoms with Crippen LogP contribution in [-0.2, 0) is 16.1 Å². The Labute approximate surface area is 144 Å². The Morgan fingerprint density at radius 2 is 1.92 bits per heavy atom. The predicted molar refractivity (Wildman–Crippen MR) is 93.7 cm³/mol. The zero-order valence-electron chi connectivity index (χ0n) is 14.3. The predicted octanol–water partition coefficient (Wildman–Crippen LogP) is 3.04. The summed E-state index contributed by atoms with van der Waals surface area (Å²) in [7, 11) is 0. The molecule has 1 heterocycles. The van der Waals surface area contributed by atoms with E-state index < -0.39 is 12.1 Å². The lowest BCUT2D eigenvalue weighted by Crippen LogP contribution is -2.26. The van der Waals surface area contributed by atoms with Gasteiger partial charge in [-0.3, -0.25) is 14.4 Å². The van der Waals surface area contributed by atoms with Crippen LogP contribution in [-0.4, -0.2) is 22.4 Å². The fourth-order valence-corrected chi connectivity index (χ4v) is 3.08. The number of ketones is 1. The van der Waals surface area contributed by atoms with Crippen molar-refractivity contribution < 1.29 is 14.3 Å². The molecular weight excluding hydrogens is 326 g/mol. The van der Waals surface area contributed by atoms with Crippen molar-refractivity contribution in [1.29, 1.82) is 0 Å². The number of Topliss-reactive ketones (excluding diaryl/α,β-unsaturated/α-hetero) is 1. The summed E-state index contributed by atoms with van der Waals surface area (Å²) >= 11 is 1.10. The normalized spacial score (nSPS) is 12.0. The number of nitrogens with zero attached hydrogens (tertiary/aromatic N) is 1. The van der Waals surface area contributed by atoms with Gasteiger partial charge in [0.25, 0.3) is 0 Å². The summed E-state index contributed by atoms with van der Waals surface area (Å²) in [5, 5.41) is 1.75. The number of hydrogen-bond acceptors (Lipinski definition) is 5. The second kappa shape index (κ2) is 7.57. The van der Waals surface area contributed by atoms with Gasteiger partial charge >= 0.3 is 10.8 Å². The minimum atomic E-state index is -0.847. The van der Waals surface area contributed by atoms with Gasteiger partial charge in [-0.25, -0.2) is 0 Å². The van der Waals surface area contributed by atoms with Gasteiger partial charge in [-0.15, -0.1) is 0 Å². The molecule has 0 aliphatic rings. The molecule has 24 heavy (non-hydrogen) atoms. The van der Waals surface area contributed by atoms with Crippen LogP contribution in [0.5, 0.6) is 0 Å². The number of benzene rings is 1. The zero-order valence-corrected chi connectivity index (χ0v) is 15.1. The molecule has 2 rings (SSSR count). The van der Waals surface area contributed by atoms with Crippen LogP contribution >= 0.6 is 11.3 Å². The zero-order chi connectivity index (χ0) is 17.9. The summed E-state index contributed by atoms with van der Waals surface area (Å²) in [6.07, 6.45) is -0.790. The van der Waals surface area contributed by atoms with Crippen molar-refractivity contribution in [3.8, 4) is 0 Å². The minimum absolute atomic E-state index is 0.0576. The lowest BCUT2D eigenvalue weighted by Gasteiger charge is -2.13. The van der Waals surface area contributed by atoms with Gasteiger partial charge in [-0.1, -0.05) is 23.5 Å². The number of rotatable bonds is 6. The fraction of sp³-hybridized carbons (Fsp3) is 0.389. The second-order valence-corrected chi connectivity index (χ2v) is 6.66. The second-order valence-electron chi connectivity index (χ2n) is 5.84. The summed E-state index contributed by atoms with van der Waals surface area (Å²) < 4.78 is 6.74. The van der Waals surface area contributed by atoms with Gasteiger partial charge in [0.2, 0.25) is 5.78 Å². The monoisotopic (exact) mass is 347 g/mol. The van der Waals surface area contributed by atoms with Gasteiger partial charge in [-0.2, -0.15) is 0 Å². The van der Waals surface area contributed by atoms with Crippen LogP contribution in [0.15, 0.2) is 28.4 Å². The molecule has 0 bridgehead atoms. The van der Waals surface area contributed by atoms with E-state index in [1.165, 1.54) is 4.57 Å². The third-order valence-electron chi connectivity index (χ3n) is 3.98. The van der Waals surface area contributed by atoms with Crippen molar-refractivity contribution in [3.63, 3.8) is 0 Å². The van der Waals surface area contributed by atoms with Gasteiger partial charge in [0.15, 0.2) is 6.10 Å². The lowest BCUT2D eigenvalue weighted by molar-refractivity contribution is -0.146. The van der Waals surface area contributed by atoms with Crippen LogP contribution < -0.4 is 4.87 Å². The number of thiazole rings is 1. The molecule has 1 aromatic carbocycles. The van der Waals surface area contributed by atoms with Gasteiger partial charge in [0.1, 0.15) is 0 Å². The smallest absolute Gasteiger partial charge is 0.308 e. The summed E-state index contributed by atoms with van der Waals surface area (Å²) in [5.74, 6) is -0.715. The molecule has 0 fully saturated rings. The Hall–Kier alpha value is -2.21. The minimum Gasteiger partial charge on any atom is -0.454 e. The maximum Gasteiger partial charge on any atom is 0.308 e. The van der Waals surface area contributed by atoms with E-state index in [0.717, 1.165) is 28.2 Å². The molecule has 0 saturated heterocycles. The van der Waals surface area contributed by atoms with Crippen molar-refractivity contribution in [2.45, 2.75) is 46.8 Å². The quantitative estimate of drug-likeness (QED) is 0.595. The summed E-state index contributed by atoms with van der Waals surface area (Å²) in [4.78, 5) is 35.8. The van der Waals surface area contributed by atoms with Crippen molar-refractivity contribution in [1.82, 2.24) is 4.57 Å². The van der Waals surface area contributed by atoms with E-state index in [9.17, 15) is 14.4 Å². The highest BCUT2D eigenvalue weighted by Crippen LogP contribution is 2.13. The van der Waals surface area contributed by atoms with Crippen LogP contribution in [0.4, 0.5) is 0 Å². The standard InChI is InChI=1S/C18H21NO4S/c1-11-5-6-15(9-12(11)2)17(21)14(4)23-16(20)7-8-19-13(3)10-24-18(19)22/h5-6,9-10,14H,7-8H2,1-4H3/t14-/m0/s1. The van der Waals surface area contributed by atoms with Crippen LogP contribution in [0.3, 0.4) is 0 Å². The highest BCUT2D eigenvalue weighted by atomic mass is 32.1. The summed E-state index contributed by atoms with van der Waals surface area (Å²) in [5.41, 5.74) is 3.47. The van der Waals surface area contributed by atoms with E-state index in [1.807, 2.05) is 26.8 Å². The Kier molecular flexibility index (Phi) is 5.72. The van der Waals surface area contributed by atoms with Crippen molar-refractivity contribution in [3.05, 3.63) is 55.6 Å². The van der Waals surface area contributed by atoms with Crippen LogP contribution in [0.25, 0.3) is 0 Å². The Balaban J connectivity index is 1.94. The number of ether oxygens (including phenoxy) is 1. The molecule has 5 nitrogen and oxygen atoms in total. The van der Waals surface area contributed by atoms with E-state index in [4.69, 9.17) is 4.74 Å². The third kappa shape index (κ3) is 4.20. The first-order valence-corrected chi connectivity index (χ1v) is 8.63. The average Bonchev–Trinajstić information content (AvgIpc) is 2.85. The first kappa shape index (κ1) is 18.1. The van der Waals surface area contributed by atoms with E-state index in [2.05, 4.69) is 0 Å². The Bertz CT molecular complexity index is 819. The summed E-state index contributed by atoms with van der Waals surface area (Å²) in [6, 6.07) is 5.42. The molecule has 0 aliphatic heterocycles. The Morgan fingerprint density at radius 1 is 1.21 bits per heavy atom. The highest BCUT2D eigenvalue weighted by Gasteiger charge is 2.20. The fourth-order valence-electron chi connectivity index (χ4n) is 2.32. The van der Waals surface area contributed by atoms with Crippen LogP contribution in [0, 0.1) is 20.8 Å². The first-order chi connectivity index (χ1) is 11.3. The molecule has 0 saturated carbocycles. The summed E-state index contributed by atoms with van der Waals surface area (Å²) in [6.45, 7) is 7.55. The molecule has 128 valence electrons. The largest absolute Gasteiger partial charge is 0.454 e. The van der Waals surface area contributed by atoms with Gasteiger partial charge in [0.05, 0.1) is 6.42 Å². The number of aromatic nitrogens is 1. The third-order valence-corrected chi connectivity index (χ3v) is 4.87. The van der Waals surface area contributed by atoms with E-state index in [1.54, 1.807) is 24.4 Å². The molecule has 2 aromatic rings. The van der Waals surface area contributed by atoms with Crippen molar-refractivity contribution in [2.24, 2.45) is 0 Å². The number of esters is 1. The maximum absolute atomic E-state index is 12.4. The average molecular weight is 347 g/mol. The van der Waals surface area contributed by atoms with Gasteiger partial charge < -0.3 is 9.30 Å². The van der Waals surface area contributed by atoms with Crippen molar-refractivity contribution >= 4 is 23.1 Å². The first-order valence-electron chi connectivity index (χ1n) is 7.75. The SMILES string of the molecule is Cc1ccc(C(=O)[C@H](C)OC(=O)CCn2c(C)csc2=O)cc1C. The molecule has 6 heteroatoms. The topological polar surface area (TPSA) is 65.4 Å². The number of aryl methyl sites for hydroxylation is 3. The number of carbonyl (C=O) groups excluding carboxylic acids is 2. The molecule has 0 radical (unpaired) electrons.